The van der Waals surface area contributed by atoms with Crippen molar-refractivity contribution < 1.29 is 4.74 Å². The molecule has 0 aliphatic rings. The highest BCUT2D eigenvalue weighted by Gasteiger charge is 1.99. The molecule has 0 bridgehead atoms. The van der Waals surface area contributed by atoms with Crippen molar-refractivity contribution in [3.63, 3.8) is 0 Å². The molecular weight excluding hydrogens is 128 g/mol. The SMILES string of the molecule is COCc1cnc(C)n1C. The summed E-state index contributed by atoms with van der Waals surface area (Å²) in [7, 11) is 3.67. The first-order valence-electron chi connectivity index (χ1n) is 3.22. The van der Waals surface area contributed by atoms with Crippen molar-refractivity contribution in [1.82, 2.24) is 9.55 Å². The minimum Gasteiger partial charge on any atom is -0.378 e. The normalized spacial score (nSPS) is 10.3. The maximum absolute atomic E-state index is 4.96. The molecule has 0 aliphatic carbocycles. The summed E-state index contributed by atoms with van der Waals surface area (Å²) < 4.78 is 6.98. The van der Waals surface area contributed by atoms with Crippen molar-refractivity contribution in [2.75, 3.05) is 7.11 Å². The molecule has 0 spiro atoms. The van der Waals surface area contributed by atoms with Gasteiger partial charge in [-0.05, 0) is 6.92 Å². The zero-order chi connectivity index (χ0) is 7.56. The Kier molecular flexibility index (Phi) is 2.06. The number of imidazole rings is 1. The summed E-state index contributed by atoms with van der Waals surface area (Å²) in [6, 6.07) is 0. The van der Waals surface area contributed by atoms with E-state index >= 15 is 0 Å². The van der Waals surface area contributed by atoms with Gasteiger partial charge in [-0.2, -0.15) is 0 Å². The summed E-state index contributed by atoms with van der Waals surface area (Å²) >= 11 is 0. The Morgan fingerprint density at radius 2 is 2.40 bits per heavy atom. The van der Waals surface area contributed by atoms with Crippen LogP contribution in [0.3, 0.4) is 0 Å². The van der Waals surface area contributed by atoms with Crippen molar-refractivity contribution in [2.45, 2.75) is 13.5 Å². The molecule has 1 rings (SSSR count). The molecule has 0 aromatic carbocycles. The van der Waals surface area contributed by atoms with E-state index in [9.17, 15) is 0 Å². The molecule has 1 heterocycles. The first-order valence-corrected chi connectivity index (χ1v) is 3.22. The smallest absolute Gasteiger partial charge is 0.105 e. The van der Waals surface area contributed by atoms with E-state index in [1.807, 2.05) is 24.7 Å². The summed E-state index contributed by atoms with van der Waals surface area (Å²) in [5.74, 6) is 1.02. The van der Waals surface area contributed by atoms with Crippen LogP contribution in [0.15, 0.2) is 6.20 Å². The van der Waals surface area contributed by atoms with E-state index in [4.69, 9.17) is 4.74 Å². The zero-order valence-electron chi connectivity index (χ0n) is 6.59. The Morgan fingerprint density at radius 1 is 1.70 bits per heavy atom. The van der Waals surface area contributed by atoms with Crippen LogP contribution in [0.25, 0.3) is 0 Å². The van der Waals surface area contributed by atoms with Gasteiger partial charge in [-0.25, -0.2) is 4.98 Å². The first kappa shape index (κ1) is 7.28. The Hall–Kier alpha value is -0.830. The fourth-order valence-electron chi connectivity index (χ4n) is 0.831. The van der Waals surface area contributed by atoms with Gasteiger partial charge in [0.15, 0.2) is 0 Å². The largest absolute Gasteiger partial charge is 0.378 e. The van der Waals surface area contributed by atoms with Crippen LogP contribution in [-0.4, -0.2) is 16.7 Å². The van der Waals surface area contributed by atoms with Crippen LogP contribution >= 0.6 is 0 Å². The lowest BCUT2D eigenvalue weighted by atomic mass is 10.5. The molecule has 0 fully saturated rings. The molecule has 1 aromatic heterocycles. The van der Waals surface area contributed by atoms with E-state index in [2.05, 4.69) is 4.98 Å². The molecule has 0 saturated heterocycles. The number of ether oxygens (including phenoxy) is 1. The molecule has 0 atom stereocenters. The van der Waals surface area contributed by atoms with Gasteiger partial charge >= 0.3 is 0 Å². The van der Waals surface area contributed by atoms with Crippen LogP contribution in [-0.2, 0) is 18.4 Å². The highest BCUT2D eigenvalue weighted by Crippen LogP contribution is 2.01. The second kappa shape index (κ2) is 2.84. The van der Waals surface area contributed by atoms with Crippen molar-refractivity contribution >= 4 is 0 Å². The molecule has 1 aromatic rings. The number of aromatic nitrogens is 2. The lowest BCUT2D eigenvalue weighted by Crippen LogP contribution is -1.98. The summed E-state index contributed by atoms with van der Waals surface area (Å²) in [5.41, 5.74) is 1.11. The topological polar surface area (TPSA) is 27.1 Å². The van der Waals surface area contributed by atoms with E-state index < -0.39 is 0 Å². The molecule has 0 aliphatic heterocycles. The molecule has 3 nitrogen and oxygen atoms in total. The molecule has 3 heteroatoms. The van der Waals surface area contributed by atoms with E-state index in [1.54, 1.807) is 7.11 Å². The van der Waals surface area contributed by atoms with E-state index in [1.165, 1.54) is 0 Å². The van der Waals surface area contributed by atoms with Gasteiger partial charge in [0.1, 0.15) is 5.82 Å². The van der Waals surface area contributed by atoms with Gasteiger partial charge in [-0.3, -0.25) is 0 Å². The van der Waals surface area contributed by atoms with Crippen molar-refractivity contribution in [1.29, 1.82) is 0 Å². The maximum atomic E-state index is 4.96. The maximum Gasteiger partial charge on any atom is 0.105 e. The zero-order valence-corrected chi connectivity index (χ0v) is 6.59. The minimum absolute atomic E-state index is 0.636. The van der Waals surface area contributed by atoms with Crippen molar-refractivity contribution in [2.24, 2.45) is 7.05 Å². The molecule has 56 valence electrons. The average molecular weight is 140 g/mol. The predicted octanol–water partition coefficient (Wildman–Crippen LogP) is 0.875. The predicted molar refractivity (Wildman–Crippen MR) is 38.7 cm³/mol. The van der Waals surface area contributed by atoms with E-state index in [0.717, 1.165) is 11.5 Å². The standard InChI is InChI=1S/C7H12N2O/c1-6-8-4-7(5-10-3)9(6)2/h4H,5H2,1-3H3. The van der Waals surface area contributed by atoms with Crippen LogP contribution in [0.1, 0.15) is 11.5 Å². The fraction of sp³-hybridized carbons (Fsp3) is 0.571. The molecule has 10 heavy (non-hydrogen) atoms. The minimum atomic E-state index is 0.636. The van der Waals surface area contributed by atoms with Gasteiger partial charge in [0.25, 0.3) is 0 Å². The van der Waals surface area contributed by atoms with Crippen LogP contribution in [0.4, 0.5) is 0 Å². The van der Waals surface area contributed by atoms with Gasteiger partial charge in [-0.15, -0.1) is 0 Å². The molecule has 0 saturated carbocycles. The first-order chi connectivity index (χ1) is 4.75. The number of rotatable bonds is 2. The summed E-state index contributed by atoms with van der Waals surface area (Å²) in [6.45, 7) is 2.61. The van der Waals surface area contributed by atoms with Crippen LogP contribution < -0.4 is 0 Å². The third-order valence-electron chi connectivity index (χ3n) is 1.61. The number of methoxy groups -OCH3 is 1. The Labute approximate surface area is 60.6 Å². The van der Waals surface area contributed by atoms with Gasteiger partial charge < -0.3 is 9.30 Å². The third-order valence-corrected chi connectivity index (χ3v) is 1.61. The Bertz CT molecular complexity index is 217. The number of hydrogen-bond donors (Lipinski definition) is 0. The van der Waals surface area contributed by atoms with Crippen LogP contribution in [0.2, 0.25) is 0 Å². The van der Waals surface area contributed by atoms with Gasteiger partial charge in [0, 0.05) is 14.2 Å². The number of hydrogen-bond acceptors (Lipinski definition) is 2. The third kappa shape index (κ3) is 1.19. The second-order valence-corrected chi connectivity index (χ2v) is 2.29. The summed E-state index contributed by atoms with van der Waals surface area (Å²) in [6.07, 6.45) is 1.83. The monoisotopic (exact) mass is 140 g/mol. The highest BCUT2D eigenvalue weighted by atomic mass is 16.5. The highest BCUT2D eigenvalue weighted by molar-refractivity contribution is 5.01. The lowest BCUT2D eigenvalue weighted by molar-refractivity contribution is 0.179. The molecule has 0 N–H and O–H groups in total. The van der Waals surface area contributed by atoms with Crippen molar-refractivity contribution in [3.05, 3.63) is 17.7 Å². The van der Waals surface area contributed by atoms with Gasteiger partial charge in [0.2, 0.25) is 0 Å². The Morgan fingerprint density at radius 3 is 2.80 bits per heavy atom. The lowest BCUT2D eigenvalue weighted by Gasteiger charge is -2.00. The molecular formula is C7H12N2O. The average Bonchev–Trinajstić information content (AvgIpc) is 2.20. The van der Waals surface area contributed by atoms with Crippen molar-refractivity contribution in [3.8, 4) is 0 Å². The van der Waals surface area contributed by atoms with E-state index in [0.29, 0.717) is 6.61 Å². The van der Waals surface area contributed by atoms with Gasteiger partial charge in [0.05, 0.1) is 18.5 Å². The molecule has 0 radical (unpaired) electrons. The number of nitrogens with zero attached hydrogens (tertiary/aromatic N) is 2. The summed E-state index contributed by atoms with van der Waals surface area (Å²) in [5, 5.41) is 0. The van der Waals surface area contributed by atoms with Crippen LogP contribution in [0, 0.1) is 6.92 Å². The Balaban J connectivity index is 2.83. The quantitative estimate of drug-likeness (QED) is 0.609. The van der Waals surface area contributed by atoms with Gasteiger partial charge in [-0.1, -0.05) is 0 Å². The van der Waals surface area contributed by atoms with Crippen LogP contribution in [0.5, 0.6) is 0 Å². The number of aryl methyl sites for hydroxylation is 1. The second-order valence-electron chi connectivity index (χ2n) is 2.29. The van der Waals surface area contributed by atoms with E-state index in [-0.39, 0.29) is 0 Å². The molecule has 0 amide bonds. The fourth-order valence-corrected chi connectivity index (χ4v) is 0.831. The summed E-state index contributed by atoms with van der Waals surface area (Å²) in [4.78, 5) is 4.12. The molecule has 0 unspecified atom stereocenters.